The van der Waals surface area contributed by atoms with Gasteiger partial charge in [-0.25, -0.2) is 0 Å². The summed E-state index contributed by atoms with van der Waals surface area (Å²) in [5.41, 5.74) is 1.04. The van der Waals surface area contributed by atoms with Gasteiger partial charge in [0.25, 0.3) is 0 Å². The highest BCUT2D eigenvalue weighted by Gasteiger charge is 2.13. The number of aliphatic hydroxyl groups excluding tert-OH is 1. The Bertz CT molecular complexity index is 280. The van der Waals surface area contributed by atoms with Gasteiger partial charge in [0.15, 0.2) is 0 Å². The molecule has 15 heavy (non-hydrogen) atoms. The minimum Gasteiger partial charge on any atom is -0.388 e. The standard InChI is InChI=1S/C13H19NO/c15-13(12-6-2-1-3-7-12)8-11-14-9-4-5-10-14/h1-3,6-7,13,15H,4-5,8-11H2. The van der Waals surface area contributed by atoms with Crippen LogP contribution in [0.4, 0.5) is 0 Å². The number of benzene rings is 1. The third-order valence-corrected chi connectivity index (χ3v) is 3.10. The smallest absolute Gasteiger partial charge is 0.0802 e. The summed E-state index contributed by atoms with van der Waals surface area (Å²) in [5.74, 6) is 0. The lowest BCUT2D eigenvalue weighted by Gasteiger charge is -2.17. The van der Waals surface area contributed by atoms with Crippen molar-refractivity contribution in [2.75, 3.05) is 19.6 Å². The van der Waals surface area contributed by atoms with E-state index in [0.717, 1.165) is 18.5 Å². The van der Waals surface area contributed by atoms with Crippen LogP contribution in [0, 0.1) is 0 Å². The van der Waals surface area contributed by atoms with Gasteiger partial charge in [0.1, 0.15) is 0 Å². The topological polar surface area (TPSA) is 23.5 Å². The summed E-state index contributed by atoms with van der Waals surface area (Å²) in [6.07, 6.45) is 3.19. The molecule has 0 saturated carbocycles. The van der Waals surface area contributed by atoms with Crippen molar-refractivity contribution in [3.63, 3.8) is 0 Å². The first-order chi connectivity index (χ1) is 7.36. The first-order valence-electron chi connectivity index (χ1n) is 5.81. The van der Waals surface area contributed by atoms with Crippen molar-refractivity contribution < 1.29 is 5.11 Å². The van der Waals surface area contributed by atoms with Crippen molar-refractivity contribution >= 4 is 0 Å². The molecule has 0 aromatic heterocycles. The molecule has 2 nitrogen and oxygen atoms in total. The minimum atomic E-state index is -0.299. The first-order valence-corrected chi connectivity index (χ1v) is 5.81. The van der Waals surface area contributed by atoms with Gasteiger partial charge in [-0.1, -0.05) is 30.3 Å². The van der Waals surface area contributed by atoms with Gasteiger partial charge in [0.05, 0.1) is 6.10 Å². The van der Waals surface area contributed by atoms with Crippen molar-refractivity contribution in [3.8, 4) is 0 Å². The molecule has 1 N–H and O–H groups in total. The molecule has 0 bridgehead atoms. The Hall–Kier alpha value is -0.860. The molecule has 2 heteroatoms. The van der Waals surface area contributed by atoms with E-state index in [9.17, 15) is 5.11 Å². The van der Waals surface area contributed by atoms with Crippen LogP contribution in [0.25, 0.3) is 0 Å². The molecule has 2 rings (SSSR count). The fraction of sp³-hybridized carbons (Fsp3) is 0.538. The molecule has 0 aliphatic carbocycles. The summed E-state index contributed by atoms with van der Waals surface area (Å²) in [6.45, 7) is 3.44. The summed E-state index contributed by atoms with van der Waals surface area (Å²) < 4.78 is 0. The summed E-state index contributed by atoms with van der Waals surface area (Å²) in [6, 6.07) is 9.93. The molecule has 0 amide bonds. The van der Waals surface area contributed by atoms with E-state index < -0.39 is 0 Å². The molecule has 82 valence electrons. The fourth-order valence-electron chi connectivity index (χ4n) is 2.15. The number of aliphatic hydroxyl groups is 1. The molecule has 1 aliphatic rings. The average Bonchev–Trinajstić information content (AvgIpc) is 2.80. The first kappa shape index (κ1) is 10.7. The van der Waals surface area contributed by atoms with E-state index in [0.29, 0.717) is 0 Å². The highest BCUT2D eigenvalue weighted by molar-refractivity contribution is 5.17. The lowest BCUT2D eigenvalue weighted by molar-refractivity contribution is 0.149. The monoisotopic (exact) mass is 205 g/mol. The average molecular weight is 205 g/mol. The summed E-state index contributed by atoms with van der Waals surface area (Å²) in [7, 11) is 0. The lowest BCUT2D eigenvalue weighted by Crippen LogP contribution is -2.22. The van der Waals surface area contributed by atoms with Gasteiger partial charge in [0.2, 0.25) is 0 Å². The number of hydrogen-bond acceptors (Lipinski definition) is 2. The largest absolute Gasteiger partial charge is 0.388 e. The summed E-state index contributed by atoms with van der Waals surface area (Å²) in [4.78, 5) is 2.44. The Morgan fingerprint density at radius 3 is 2.47 bits per heavy atom. The fourth-order valence-corrected chi connectivity index (χ4v) is 2.15. The number of hydrogen-bond donors (Lipinski definition) is 1. The Kier molecular flexibility index (Phi) is 3.75. The van der Waals surface area contributed by atoms with Crippen LogP contribution in [0.15, 0.2) is 30.3 Å². The van der Waals surface area contributed by atoms with Crippen molar-refractivity contribution in [2.24, 2.45) is 0 Å². The number of likely N-dealkylation sites (tertiary alicyclic amines) is 1. The summed E-state index contributed by atoms with van der Waals surface area (Å²) >= 11 is 0. The Morgan fingerprint density at radius 1 is 1.13 bits per heavy atom. The quantitative estimate of drug-likeness (QED) is 0.814. The van der Waals surface area contributed by atoms with E-state index in [2.05, 4.69) is 4.90 Å². The molecular formula is C13H19NO. The van der Waals surface area contributed by atoms with Gasteiger partial charge < -0.3 is 10.0 Å². The second kappa shape index (κ2) is 5.29. The van der Waals surface area contributed by atoms with Gasteiger partial charge in [-0.3, -0.25) is 0 Å². The predicted molar refractivity (Wildman–Crippen MR) is 61.7 cm³/mol. The normalized spacial score (nSPS) is 19.3. The zero-order chi connectivity index (χ0) is 10.5. The zero-order valence-corrected chi connectivity index (χ0v) is 9.10. The number of nitrogens with zero attached hydrogens (tertiary/aromatic N) is 1. The van der Waals surface area contributed by atoms with E-state index in [1.807, 2.05) is 30.3 Å². The second-order valence-electron chi connectivity index (χ2n) is 4.26. The molecule has 1 atom stereocenters. The van der Waals surface area contributed by atoms with Gasteiger partial charge >= 0.3 is 0 Å². The molecular weight excluding hydrogens is 186 g/mol. The predicted octanol–water partition coefficient (Wildman–Crippen LogP) is 2.21. The van der Waals surface area contributed by atoms with E-state index >= 15 is 0 Å². The van der Waals surface area contributed by atoms with Crippen LogP contribution in [-0.2, 0) is 0 Å². The van der Waals surface area contributed by atoms with Crippen LogP contribution in [-0.4, -0.2) is 29.6 Å². The third-order valence-electron chi connectivity index (χ3n) is 3.10. The van der Waals surface area contributed by atoms with Crippen LogP contribution in [0.5, 0.6) is 0 Å². The molecule has 1 fully saturated rings. The Morgan fingerprint density at radius 2 is 1.80 bits per heavy atom. The van der Waals surface area contributed by atoms with E-state index in [-0.39, 0.29) is 6.10 Å². The molecule has 1 unspecified atom stereocenters. The van der Waals surface area contributed by atoms with Crippen molar-refractivity contribution in [2.45, 2.75) is 25.4 Å². The molecule has 1 aromatic carbocycles. The second-order valence-corrected chi connectivity index (χ2v) is 4.26. The van der Waals surface area contributed by atoms with Gasteiger partial charge in [-0.15, -0.1) is 0 Å². The van der Waals surface area contributed by atoms with Gasteiger partial charge in [-0.2, -0.15) is 0 Å². The highest BCUT2D eigenvalue weighted by atomic mass is 16.3. The van der Waals surface area contributed by atoms with Gasteiger partial charge in [-0.05, 0) is 37.9 Å². The molecule has 1 saturated heterocycles. The molecule has 1 heterocycles. The minimum absolute atomic E-state index is 0.299. The summed E-state index contributed by atoms with van der Waals surface area (Å²) in [5, 5.41) is 9.95. The van der Waals surface area contributed by atoms with Gasteiger partial charge in [0, 0.05) is 6.54 Å². The van der Waals surface area contributed by atoms with E-state index in [1.165, 1.54) is 25.9 Å². The molecule has 0 radical (unpaired) electrons. The SMILES string of the molecule is OC(CCN1CCCC1)c1ccccc1. The van der Waals surface area contributed by atoms with Crippen LogP contribution in [0.1, 0.15) is 30.9 Å². The van der Waals surface area contributed by atoms with Crippen molar-refractivity contribution in [3.05, 3.63) is 35.9 Å². The number of rotatable bonds is 4. The van der Waals surface area contributed by atoms with E-state index in [4.69, 9.17) is 0 Å². The van der Waals surface area contributed by atoms with E-state index in [1.54, 1.807) is 0 Å². The zero-order valence-electron chi connectivity index (χ0n) is 9.10. The molecule has 1 aliphatic heterocycles. The third kappa shape index (κ3) is 3.05. The Balaban J connectivity index is 1.79. The lowest BCUT2D eigenvalue weighted by atomic mass is 10.1. The maximum Gasteiger partial charge on any atom is 0.0802 e. The van der Waals surface area contributed by atoms with Crippen molar-refractivity contribution in [1.29, 1.82) is 0 Å². The van der Waals surface area contributed by atoms with Crippen LogP contribution in [0.2, 0.25) is 0 Å². The van der Waals surface area contributed by atoms with Crippen molar-refractivity contribution in [1.82, 2.24) is 4.90 Å². The Labute approximate surface area is 91.5 Å². The van der Waals surface area contributed by atoms with Crippen LogP contribution < -0.4 is 0 Å². The maximum atomic E-state index is 9.95. The van der Waals surface area contributed by atoms with Crippen LogP contribution in [0.3, 0.4) is 0 Å². The van der Waals surface area contributed by atoms with Crippen LogP contribution >= 0.6 is 0 Å². The molecule has 0 spiro atoms. The maximum absolute atomic E-state index is 9.95. The highest BCUT2D eigenvalue weighted by Crippen LogP contribution is 2.17. The molecule has 1 aromatic rings.